The zero-order valence-electron chi connectivity index (χ0n) is 21.8. The SMILES string of the molecule is CN1C(=O)c2cccc(OC3CC3)c2[C@H]2C[C@@H]1c1nn3ccc(-c4cnc(C5(O)CC(C)(O)C5)nc4)cc3c12. The topological polar surface area (TPSA) is 113 Å². The molecule has 1 aliphatic heterocycles. The van der Waals surface area contributed by atoms with Gasteiger partial charge in [-0.1, -0.05) is 6.07 Å². The summed E-state index contributed by atoms with van der Waals surface area (Å²) in [6, 6.07) is 9.81. The smallest absolute Gasteiger partial charge is 0.254 e. The number of fused-ring (bicyclic) bond motifs is 9. The van der Waals surface area contributed by atoms with Crippen molar-refractivity contribution in [2.45, 2.75) is 68.3 Å². The Morgan fingerprint density at radius 2 is 1.82 bits per heavy atom. The Labute approximate surface area is 225 Å². The molecule has 3 aromatic heterocycles. The van der Waals surface area contributed by atoms with Crippen molar-refractivity contribution in [3.8, 4) is 16.9 Å². The fraction of sp³-hybridized carbons (Fsp3) is 0.400. The molecule has 9 nitrogen and oxygen atoms in total. The maximum atomic E-state index is 13.5. The number of ether oxygens (including phenoxy) is 1. The summed E-state index contributed by atoms with van der Waals surface area (Å²) in [7, 11) is 1.87. The number of carbonyl (C=O) groups excluding carboxylic acids is 1. The van der Waals surface area contributed by atoms with Gasteiger partial charge in [-0.05, 0) is 56.0 Å². The van der Waals surface area contributed by atoms with Gasteiger partial charge >= 0.3 is 0 Å². The number of benzene rings is 1. The van der Waals surface area contributed by atoms with Crippen LogP contribution in [0.4, 0.5) is 0 Å². The van der Waals surface area contributed by atoms with Crippen molar-refractivity contribution < 1.29 is 19.7 Å². The van der Waals surface area contributed by atoms with Crippen LogP contribution >= 0.6 is 0 Å². The third-order valence-corrected chi connectivity index (χ3v) is 8.82. The van der Waals surface area contributed by atoms with Gasteiger partial charge in [-0.25, -0.2) is 14.5 Å². The molecule has 2 bridgehead atoms. The number of rotatable bonds is 4. The molecule has 4 aromatic rings. The van der Waals surface area contributed by atoms with Crippen molar-refractivity contribution in [3.63, 3.8) is 0 Å². The van der Waals surface area contributed by atoms with E-state index < -0.39 is 11.2 Å². The zero-order valence-corrected chi connectivity index (χ0v) is 21.8. The van der Waals surface area contributed by atoms with Crippen molar-refractivity contribution in [3.05, 3.63) is 77.1 Å². The van der Waals surface area contributed by atoms with Gasteiger partial charge in [0.2, 0.25) is 0 Å². The van der Waals surface area contributed by atoms with E-state index in [9.17, 15) is 15.0 Å². The molecule has 9 heteroatoms. The lowest BCUT2D eigenvalue weighted by molar-refractivity contribution is -0.180. The molecule has 3 aliphatic carbocycles. The second-order valence-electron chi connectivity index (χ2n) is 12.0. The third kappa shape index (κ3) is 3.39. The molecular formula is C30H29N5O4. The summed E-state index contributed by atoms with van der Waals surface area (Å²) in [6.45, 7) is 1.71. The minimum Gasteiger partial charge on any atom is -0.490 e. The first-order valence-electron chi connectivity index (χ1n) is 13.6. The van der Waals surface area contributed by atoms with E-state index >= 15 is 0 Å². The largest absolute Gasteiger partial charge is 0.490 e. The normalized spacial score (nSPS) is 29.1. The maximum absolute atomic E-state index is 13.5. The number of pyridine rings is 1. The molecular weight excluding hydrogens is 494 g/mol. The minimum atomic E-state index is -1.19. The van der Waals surface area contributed by atoms with Crippen LogP contribution in [0.1, 0.15) is 84.0 Å². The first-order valence-corrected chi connectivity index (χ1v) is 13.6. The highest BCUT2D eigenvalue weighted by atomic mass is 16.5. The first-order chi connectivity index (χ1) is 18.7. The van der Waals surface area contributed by atoms with E-state index in [-0.39, 0.29) is 36.8 Å². The Bertz CT molecular complexity index is 1660. The van der Waals surface area contributed by atoms with Gasteiger partial charge in [-0.2, -0.15) is 5.10 Å². The van der Waals surface area contributed by atoms with Crippen LogP contribution in [0.3, 0.4) is 0 Å². The summed E-state index contributed by atoms with van der Waals surface area (Å²) in [5.41, 5.74) is 4.44. The van der Waals surface area contributed by atoms with Crippen LogP contribution in [0.25, 0.3) is 16.6 Å². The summed E-state index contributed by atoms with van der Waals surface area (Å²) in [4.78, 5) is 24.2. The van der Waals surface area contributed by atoms with E-state index in [0.717, 1.165) is 58.5 Å². The monoisotopic (exact) mass is 523 g/mol. The van der Waals surface area contributed by atoms with Crippen molar-refractivity contribution in [2.24, 2.45) is 0 Å². The summed E-state index contributed by atoms with van der Waals surface area (Å²) in [5.74, 6) is 1.15. The predicted molar refractivity (Wildman–Crippen MR) is 141 cm³/mol. The maximum Gasteiger partial charge on any atom is 0.254 e. The van der Waals surface area contributed by atoms with E-state index in [0.29, 0.717) is 11.4 Å². The van der Waals surface area contributed by atoms with E-state index in [2.05, 4.69) is 16.0 Å². The zero-order chi connectivity index (χ0) is 26.7. The van der Waals surface area contributed by atoms with Gasteiger partial charge in [-0.3, -0.25) is 4.79 Å². The Balaban J connectivity index is 1.22. The Morgan fingerprint density at radius 1 is 1.05 bits per heavy atom. The summed E-state index contributed by atoms with van der Waals surface area (Å²) >= 11 is 0. The summed E-state index contributed by atoms with van der Waals surface area (Å²) in [6.07, 6.45) is 8.94. The minimum absolute atomic E-state index is 0.00381. The average Bonchev–Trinajstić information content (AvgIpc) is 3.55. The molecule has 4 heterocycles. The molecule has 4 aliphatic rings. The Morgan fingerprint density at radius 3 is 2.54 bits per heavy atom. The van der Waals surface area contributed by atoms with Gasteiger partial charge in [0.25, 0.3) is 5.91 Å². The molecule has 2 fully saturated rings. The highest BCUT2D eigenvalue weighted by Gasteiger charge is 2.53. The standard InChI is InChI=1S/C30H29N5O4/c1-29(37)14-30(38,15-29)28-31-12-17(13-32-28)16-8-9-35-21(10-16)25-20-11-22(26(25)33-35)34(2)27(36)19-4-3-5-23(24(19)20)39-18-6-7-18/h3-5,8-10,12-13,18,20,22,37-38H,6-7,11,14-15H2,1-2H3/t20-,22-,29?,30?/m1/s1. The van der Waals surface area contributed by atoms with Crippen LogP contribution < -0.4 is 4.74 Å². The quantitative estimate of drug-likeness (QED) is 0.419. The Kier molecular flexibility index (Phi) is 4.53. The number of aromatic nitrogens is 4. The molecule has 8 rings (SSSR count). The predicted octanol–water partition coefficient (Wildman–Crippen LogP) is 3.73. The van der Waals surface area contributed by atoms with Crippen molar-refractivity contribution in [1.29, 1.82) is 0 Å². The van der Waals surface area contributed by atoms with Crippen molar-refractivity contribution in [1.82, 2.24) is 24.5 Å². The number of nitrogens with zero attached hydrogens (tertiary/aromatic N) is 5. The number of hydrogen-bond acceptors (Lipinski definition) is 7. The molecule has 0 spiro atoms. The number of carbonyl (C=O) groups is 1. The fourth-order valence-corrected chi connectivity index (χ4v) is 6.89. The van der Waals surface area contributed by atoms with Crippen LogP contribution in [0.2, 0.25) is 0 Å². The number of hydrogen-bond donors (Lipinski definition) is 2. The van der Waals surface area contributed by atoms with Gasteiger partial charge in [0, 0.05) is 66.7 Å². The highest BCUT2D eigenvalue weighted by Crippen LogP contribution is 2.54. The van der Waals surface area contributed by atoms with Gasteiger partial charge in [-0.15, -0.1) is 0 Å². The summed E-state index contributed by atoms with van der Waals surface area (Å²) < 4.78 is 8.22. The molecule has 2 atom stereocenters. The highest BCUT2D eigenvalue weighted by molar-refractivity contribution is 5.98. The van der Waals surface area contributed by atoms with E-state index in [1.807, 2.05) is 46.9 Å². The van der Waals surface area contributed by atoms with Crippen LogP contribution in [0.5, 0.6) is 5.75 Å². The molecule has 1 aromatic carbocycles. The van der Waals surface area contributed by atoms with Crippen LogP contribution in [-0.4, -0.2) is 59.4 Å². The molecule has 1 amide bonds. The molecule has 0 saturated heterocycles. The molecule has 198 valence electrons. The lowest BCUT2D eigenvalue weighted by atomic mass is 9.68. The van der Waals surface area contributed by atoms with E-state index in [4.69, 9.17) is 9.84 Å². The Hall–Kier alpha value is -3.82. The van der Waals surface area contributed by atoms with Gasteiger partial charge in [0.05, 0.1) is 29.0 Å². The molecule has 0 unspecified atom stereocenters. The second kappa shape index (κ2) is 7.64. The van der Waals surface area contributed by atoms with Crippen LogP contribution in [0.15, 0.2) is 48.9 Å². The fourth-order valence-electron chi connectivity index (χ4n) is 6.89. The number of aliphatic hydroxyl groups is 2. The van der Waals surface area contributed by atoms with Gasteiger partial charge in [0.1, 0.15) is 11.4 Å². The molecule has 2 saturated carbocycles. The van der Waals surface area contributed by atoms with E-state index in [1.54, 1.807) is 19.3 Å². The van der Waals surface area contributed by atoms with Crippen molar-refractivity contribution >= 4 is 11.4 Å². The first kappa shape index (κ1) is 23.1. The van der Waals surface area contributed by atoms with Gasteiger partial charge < -0.3 is 19.8 Å². The molecule has 39 heavy (non-hydrogen) atoms. The molecule has 0 radical (unpaired) electrons. The number of amides is 1. The van der Waals surface area contributed by atoms with Crippen molar-refractivity contribution in [2.75, 3.05) is 7.05 Å². The summed E-state index contributed by atoms with van der Waals surface area (Å²) in [5, 5.41) is 25.8. The second-order valence-corrected chi connectivity index (χ2v) is 12.0. The van der Waals surface area contributed by atoms with E-state index in [1.165, 1.54) is 0 Å². The lowest BCUT2D eigenvalue weighted by Gasteiger charge is -2.46. The van der Waals surface area contributed by atoms with Gasteiger partial charge in [0.15, 0.2) is 5.82 Å². The average molecular weight is 524 g/mol. The molecule has 2 N–H and O–H groups in total. The van der Waals surface area contributed by atoms with Crippen LogP contribution in [-0.2, 0) is 5.60 Å². The third-order valence-electron chi connectivity index (χ3n) is 8.82. The van der Waals surface area contributed by atoms with Crippen LogP contribution in [0, 0.1) is 0 Å². The lowest BCUT2D eigenvalue weighted by Crippen LogP contribution is -2.53.